The van der Waals surface area contributed by atoms with E-state index in [1.54, 1.807) is 25.9 Å². The lowest BCUT2D eigenvalue weighted by molar-refractivity contribution is -0.148. The minimum absolute atomic E-state index is 0.121. The summed E-state index contributed by atoms with van der Waals surface area (Å²) in [7, 11) is 5.56. The summed E-state index contributed by atoms with van der Waals surface area (Å²) in [6.07, 6.45) is 0. The van der Waals surface area contributed by atoms with Crippen LogP contribution < -0.4 is 15.0 Å². The van der Waals surface area contributed by atoms with Gasteiger partial charge in [-0.05, 0) is 40.1 Å². The van der Waals surface area contributed by atoms with Crippen LogP contribution in [0, 0.1) is 5.41 Å². The third-order valence-electron chi connectivity index (χ3n) is 4.94. The molecule has 1 N–H and O–H groups in total. The third-order valence-corrected chi connectivity index (χ3v) is 4.94. The summed E-state index contributed by atoms with van der Waals surface area (Å²) in [6, 6.07) is 7.89. The van der Waals surface area contributed by atoms with E-state index in [9.17, 15) is 9.59 Å². The number of nitrogens with one attached hydrogen (secondary N) is 1. The smallest absolute Gasteiger partial charge is 0.237 e. The largest absolute Gasteiger partial charge is 0.495 e. The highest BCUT2D eigenvalue weighted by molar-refractivity contribution is 6.04. The van der Waals surface area contributed by atoms with Crippen molar-refractivity contribution in [3.63, 3.8) is 0 Å². The van der Waals surface area contributed by atoms with Gasteiger partial charge in [0.15, 0.2) is 0 Å². The molecule has 0 aliphatic carbocycles. The standard InChI is InChI=1S/C20H32N4O3/c1-20(2,18(25)21-10-11-22(3)4)19(26)24-14-12-23(13-15-24)16-8-6-7-9-17(16)27-5/h6-9H,10-15H2,1-5H3,(H,21,25). The van der Waals surface area contributed by atoms with Crippen LogP contribution in [0.3, 0.4) is 0 Å². The number of benzene rings is 1. The van der Waals surface area contributed by atoms with Crippen LogP contribution in [-0.4, -0.2) is 82.1 Å². The fourth-order valence-corrected chi connectivity index (χ4v) is 3.15. The Morgan fingerprint density at radius 3 is 2.37 bits per heavy atom. The van der Waals surface area contributed by atoms with Gasteiger partial charge >= 0.3 is 0 Å². The molecule has 1 aromatic rings. The number of likely N-dealkylation sites (N-methyl/N-ethyl adjacent to an activating group) is 1. The van der Waals surface area contributed by atoms with Crippen molar-refractivity contribution in [2.75, 3.05) is 65.4 Å². The van der Waals surface area contributed by atoms with E-state index in [1.807, 2.05) is 43.3 Å². The van der Waals surface area contributed by atoms with Crippen LogP contribution in [0.2, 0.25) is 0 Å². The molecule has 0 radical (unpaired) electrons. The van der Waals surface area contributed by atoms with Gasteiger partial charge in [0.05, 0.1) is 12.8 Å². The number of amides is 2. The van der Waals surface area contributed by atoms with Crippen LogP contribution in [0.4, 0.5) is 5.69 Å². The lowest BCUT2D eigenvalue weighted by atomic mass is 9.90. The number of rotatable bonds is 7. The third kappa shape index (κ3) is 5.13. The molecule has 1 aliphatic heterocycles. The van der Waals surface area contributed by atoms with Gasteiger partial charge < -0.3 is 24.8 Å². The molecule has 0 saturated carbocycles. The molecule has 0 bridgehead atoms. The van der Waals surface area contributed by atoms with Crippen LogP contribution in [0.1, 0.15) is 13.8 Å². The van der Waals surface area contributed by atoms with Crippen molar-refractivity contribution in [2.24, 2.45) is 5.41 Å². The van der Waals surface area contributed by atoms with E-state index >= 15 is 0 Å². The van der Waals surface area contributed by atoms with Crippen LogP contribution in [0.25, 0.3) is 0 Å². The zero-order valence-corrected chi connectivity index (χ0v) is 17.1. The van der Waals surface area contributed by atoms with Gasteiger partial charge in [-0.2, -0.15) is 0 Å². The van der Waals surface area contributed by atoms with Crippen LogP contribution in [-0.2, 0) is 9.59 Å². The fraction of sp³-hybridized carbons (Fsp3) is 0.600. The summed E-state index contributed by atoms with van der Waals surface area (Å²) in [5, 5.41) is 2.87. The first-order valence-corrected chi connectivity index (χ1v) is 9.37. The first-order chi connectivity index (χ1) is 12.8. The van der Waals surface area contributed by atoms with Gasteiger partial charge in [0.2, 0.25) is 11.8 Å². The molecule has 150 valence electrons. The lowest BCUT2D eigenvalue weighted by Gasteiger charge is -2.39. The predicted octanol–water partition coefficient (Wildman–Crippen LogP) is 1.05. The van der Waals surface area contributed by atoms with Gasteiger partial charge in [0.1, 0.15) is 11.2 Å². The number of carbonyl (C=O) groups excluding carboxylic acids is 2. The number of carbonyl (C=O) groups is 2. The Morgan fingerprint density at radius 1 is 1.15 bits per heavy atom. The molecular formula is C20H32N4O3. The van der Waals surface area contributed by atoms with Gasteiger partial charge in [-0.15, -0.1) is 0 Å². The highest BCUT2D eigenvalue weighted by atomic mass is 16.5. The summed E-state index contributed by atoms with van der Waals surface area (Å²) in [6.45, 7) is 7.28. The van der Waals surface area contributed by atoms with E-state index in [2.05, 4.69) is 10.2 Å². The molecule has 0 atom stereocenters. The van der Waals surface area contributed by atoms with Gasteiger partial charge in [0, 0.05) is 39.3 Å². The summed E-state index contributed by atoms with van der Waals surface area (Å²) < 4.78 is 5.43. The molecule has 0 unspecified atom stereocenters. The number of hydrogen-bond donors (Lipinski definition) is 1. The van der Waals surface area contributed by atoms with Crippen LogP contribution in [0.5, 0.6) is 5.75 Å². The number of methoxy groups -OCH3 is 1. The molecule has 1 fully saturated rings. The number of nitrogens with zero attached hydrogens (tertiary/aromatic N) is 3. The summed E-state index contributed by atoms with van der Waals surface area (Å²) in [5.74, 6) is 0.490. The zero-order valence-electron chi connectivity index (χ0n) is 17.1. The van der Waals surface area contributed by atoms with Crippen molar-refractivity contribution in [1.29, 1.82) is 0 Å². The first kappa shape index (κ1) is 21.0. The predicted molar refractivity (Wildman–Crippen MR) is 107 cm³/mol. The molecule has 7 nitrogen and oxygen atoms in total. The van der Waals surface area contributed by atoms with E-state index in [4.69, 9.17) is 4.74 Å². The molecule has 27 heavy (non-hydrogen) atoms. The molecule has 1 heterocycles. The van der Waals surface area contributed by atoms with Gasteiger partial charge in [-0.3, -0.25) is 9.59 Å². The Hall–Kier alpha value is -2.28. The first-order valence-electron chi connectivity index (χ1n) is 9.37. The molecule has 1 aromatic carbocycles. The molecule has 1 aliphatic rings. The maximum atomic E-state index is 12.9. The van der Waals surface area contributed by atoms with Gasteiger partial charge in [0.25, 0.3) is 0 Å². The maximum absolute atomic E-state index is 12.9. The minimum atomic E-state index is -1.07. The quantitative estimate of drug-likeness (QED) is 0.721. The molecule has 2 amide bonds. The Morgan fingerprint density at radius 2 is 1.78 bits per heavy atom. The molecule has 0 spiro atoms. The Balaban J connectivity index is 1.94. The average Bonchev–Trinajstić information content (AvgIpc) is 2.67. The van der Waals surface area contributed by atoms with Crippen LogP contribution in [0.15, 0.2) is 24.3 Å². The van der Waals surface area contributed by atoms with Crippen molar-refractivity contribution in [1.82, 2.24) is 15.1 Å². The fourth-order valence-electron chi connectivity index (χ4n) is 3.15. The number of piperazine rings is 1. The lowest BCUT2D eigenvalue weighted by Crippen LogP contribution is -2.55. The van der Waals surface area contributed by atoms with Crippen molar-refractivity contribution >= 4 is 17.5 Å². The molecule has 0 aromatic heterocycles. The number of anilines is 1. The summed E-state index contributed by atoms with van der Waals surface area (Å²) in [4.78, 5) is 31.4. The topological polar surface area (TPSA) is 65.1 Å². The van der Waals surface area contributed by atoms with E-state index in [0.29, 0.717) is 32.7 Å². The summed E-state index contributed by atoms with van der Waals surface area (Å²) in [5.41, 5.74) is -0.0355. The Bertz CT molecular complexity index is 652. The second-order valence-corrected chi connectivity index (χ2v) is 7.64. The van der Waals surface area contributed by atoms with E-state index in [1.165, 1.54) is 0 Å². The van der Waals surface area contributed by atoms with Crippen molar-refractivity contribution in [2.45, 2.75) is 13.8 Å². The Labute approximate surface area is 162 Å². The number of hydrogen-bond acceptors (Lipinski definition) is 5. The molecule has 1 saturated heterocycles. The van der Waals surface area contributed by atoms with Crippen molar-refractivity contribution < 1.29 is 14.3 Å². The van der Waals surface area contributed by atoms with E-state index < -0.39 is 5.41 Å². The second kappa shape index (κ2) is 9.08. The highest BCUT2D eigenvalue weighted by Crippen LogP contribution is 2.29. The molecule has 2 rings (SSSR count). The van der Waals surface area contributed by atoms with Crippen molar-refractivity contribution in [3.05, 3.63) is 24.3 Å². The Kier molecular flexibility index (Phi) is 7.07. The second-order valence-electron chi connectivity index (χ2n) is 7.64. The molecular weight excluding hydrogens is 344 g/mol. The minimum Gasteiger partial charge on any atom is -0.495 e. The highest BCUT2D eigenvalue weighted by Gasteiger charge is 2.40. The van der Waals surface area contributed by atoms with Crippen molar-refractivity contribution in [3.8, 4) is 5.75 Å². The normalized spacial score (nSPS) is 15.0. The number of para-hydroxylation sites is 2. The average molecular weight is 377 g/mol. The summed E-state index contributed by atoms with van der Waals surface area (Å²) >= 11 is 0. The maximum Gasteiger partial charge on any atom is 0.237 e. The van der Waals surface area contributed by atoms with E-state index in [0.717, 1.165) is 18.0 Å². The van der Waals surface area contributed by atoms with E-state index in [-0.39, 0.29) is 11.8 Å². The number of ether oxygens (including phenoxy) is 1. The van der Waals surface area contributed by atoms with Gasteiger partial charge in [-0.25, -0.2) is 0 Å². The SMILES string of the molecule is COc1ccccc1N1CCN(C(=O)C(C)(C)C(=O)NCCN(C)C)CC1. The van der Waals surface area contributed by atoms with Crippen LogP contribution >= 0.6 is 0 Å². The molecule has 7 heteroatoms. The zero-order chi connectivity index (χ0) is 20.0. The monoisotopic (exact) mass is 376 g/mol. The van der Waals surface area contributed by atoms with Gasteiger partial charge in [-0.1, -0.05) is 12.1 Å².